The van der Waals surface area contributed by atoms with Crippen molar-refractivity contribution < 1.29 is 9.59 Å². The van der Waals surface area contributed by atoms with E-state index in [9.17, 15) is 9.59 Å². The first-order valence-electron chi connectivity index (χ1n) is 33.1. The van der Waals surface area contributed by atoms with Gasteiger partial charge in [0.25, 0.3) is 11.8 Å². The molecule has 16 aromatic rings. The first-order chi connectivity index (χ1) is 48.3. The topological polar surface area (TPSA) is 58.2 Å². The van der Waals surface area contributed by atoms with Gasteiger partial charge in [-0.05, 0) is 210 Å². The van der Waals surface area contributed by atoms with Gasteiger partial charge in [-0.25, -0.2) is 0 Å². The summed E-state index contributed by atoms with van der Waals surface area (Å²) in [6.07, 6.45) is 7.29. The zero-order valence-electron chi connectivity index (χ0n) is 52.5. The van der Waals surface area contributed by atoms with Crippen LogP contribution in [0.1, 0.15) is 25.8 Å². The fraction of sp³-hybridized carbons (Fsp3) is 0.0222. The van der Waals surface area contributed by atoms with E-state index < -0.39 is 0 Å². The Kier molecular flexibility index (Phi) is 13.2. The van der Waals surface area contributed by atoms with Crippen molar-refractivity contribution in [1.82, 2.24) is 10.6 Å². The Labute approximate surface area is 580 Å². The second kappa shape index (κ2) is 22.6. The van der Waals surface area contributed by atoms with Crippen LogP contribution in [0.5, 0.6) is 0 Å². The van der Waals surface area contributed by atoms with E-state index in [1.54, 1.807) is 45.3 Å². The molecule has 98 heavy (non-hydrogen) atoms. The highest BCUT2D eigenvalue weighted by Crippen LogP contribution is 2.51. The van der Waals surface area contributed by atoms with E-state index in [0.717, 1.165) is 39.7 Å². The van der Waals surface area contributed by atoms with E-state index >= 15 is 0 Å². The van der Waals surface area contributed by atoms with E-state index in [1.807, 2.05) is 12.1 Å². The van der Waals surface area contributed by atoms with Crippen LogP contribution in [0.2, 0.25) is 0 Å². The number of carbonyl (C=O) groups excluding carboxylic acids is 2. The molecule has 2 aliphatic heterocycles. The highest BCUT2D eigenvalue weighted by Gasteiger charge is 2.42. The zero-order valence-corrected chi connectivity index (χ0v) is 55.7. The molecule has 8 heteroatoms. The molecule has 0 saturated heterocycles. The maximum atomic E-state index is 14.2. The van der Waals surface area contributed by atoms with Crippen LogP contribution in [0, 0.1) is 11.8 Å². The molecule has 6 heterocycles. The van der Waals surface area contributed by atoms with Crippen LogP contribution in [0.25, 0.3) is 145 Å². The zero-order chi connectivity index (χ0) is 64.7. The molecule has 4 nitrogen and oxygen atoms in total. The number of hydrogen-bond acceptors (Lipinski definition) is 6. The molecule has 0 fully saturated rings. The summed E-state index contributed by atoms with van der Waals surface area (Å²) in [7, 11) is 0. The molecule has 2 atom stereocenters. The number of rotatable bonds is 10. The maximum absolute atomic E-state index is 14.2. The average molecular weight is 1320 g/mol. The molecule has 12 aromatic carbocycles. The third kappa shape index (κ3) is 9.28. The van der Waals surface area contributed by atoms with Crippen LogP contribution < -0.4 is 21.1 Å². The summed E-state index contributed by atoms with van der Waals surface area (Å²) in [5, 5.41) is 23.5. The third-order valence-electron chi connectivity index (χ3n) is 20.3. The number of nitrogens with one attached hydrogen (secondary N) is 2. The molecule has 0 radical (unpaired) electrons. The minimum absolute atomic E-state index is 0.0670. The SMILES string of the molecule is O=C1NC(c2ccc(-c3ccc(-c4ccc5c(-c6ccc7ccccc7c6)c6ccccc6c(-c6ccc7ccccc7c6)c5c4)s3)s2)=C2C(=O)NC(c3ccc(-c4ccc(C5=CC6C(c7ccc8ccccc8c7)=c7ccccc7=C(c7ccc8ccccc8c7)C6C=C5)s4)s3)=C12. The molecule has 20 rings (SSSR count). The molecule has 4 aromatic heterocycles. The fourth-order valence-corrected chi connectivity index (χ4v) is 20.0. The van der Waals surface area contributed by atoms with Crippen molar-refractivity contribution in [3.63, 3.8) is 0 Å². The third-order valence-corrected chi connectivity index (χ3v) is 25.1. The second-order valence-electron chi connectivity index (χ2n) is 25.8. The minimum Gasteiger partial charge on any atom is -0.320 e. The van der Waals surface area contributed by atoms with Crippen molar-refractivity contribution in [3.8, 4) is 52.2 Å². The van der Waals surface area contributed by atoms with E-state index in [1.165, 1.54) is 130 Å². The number of fused-ring (bicyclic) bond motifs is 9. The van der Waals surface area contributed by atoms with Crippen LogP contribution >= 0.6 is 45.3 Å². The van der Waals surface area contributed by atoms with Crippen molar-refractivity contribution in [2.24, 2.45) is 11.8 Å². The molecule has 460 valence electrons. The van der Waals surface area contributed by atoms with Crippen LogP contribution in [0.3, 0.4) is 0 Å². The summed E-state index contributed by atoms with van der Waals surface area (Å²) in [5.74, 6) is -0.380. The number of thiophene rings is 4. The number of amides is 2. The predicted molar refractivity (Wildman–Crippen MR) is 414 cm³/mol. The van der Waals surface area contributed by atoms with Crippen molar-refractivity contribution in [1.29, 1.82) is 0 Å². The van der Waals surface area contributed by atoms with Gasteiger partial charge in [-0.2, -0.15) is 0 Å². The molecule has 0 spiro atoms. The number of benzene rings is 12. The first-order valence-corrected chi connectivity index (χ1v) is 36.3. The Balaban J connectivity index is 0.612. The van der Waals surface area contributed by atoms with Gasteiger partial charge in [0, 0.05) is 41.1 Å². The smallest absolute Gasteiger partial charge is 0.258 e. The summed E-state index contributed by atoms with van der Waals surface area (Å²) in [4.78, 5) is 36.9. The molecule has 2 N–H and O–H groups in total. The lowest BCUT2D eigenvalue weighted by Gasteiger charge is -2.34. The fourth-order valence-electron chi connectivity index (χ4n) is 15.8. The summed E-state index contributed by atoms with van der Waals surface area (Å²) in [5.41, 5.74) is 14.2. The number of hydrogen-bond donors (Lipinski definition) is 2. The van der Waals surface area contributed by atoms with Gasteiger partial charge in [0.05, 0.1) is 32.3 Å². The van der Waals surface area contributed by atoms with Crippen LogP contribution in [-0.2, 0) is 9.59 Å². The molecule has 4 aliphatic rings. The molecular weight excluding hydrogens is 1270 g/mol. The standard InChI is InChI=1S/C90H54N2O2S4/c93-89-85-86(88(92-89)80-44-42-78(98-80)76-40-38-74(96-76)60-34-36-70-72(50-60)84(64-32-28-54-16-4-8-20-58(54)48-64)68-24-12-10-22-66(68)82(70)62-30-26-52-14-2-6-18-56(52)46-62)90(94)91-87(85)79-43-41-77(97-79)75-39-37-73(95-75)59-33-35-69-71(49-59)83(63-31-27-53-15-3-7-19-57(53)47-63)67-23-11-9-21-65(67)81(69)61-29-25-51-13-1-5-17-55(51)45-61/h1-50,69,71H,(H,91,94)(H,92,93). The van der Waals surface area contributed by atoms with Crippen LogP contribution in [0.15, 0.2) is 314 Å². The summed E-state index contributed by atoms with van der Waals surface area (Å²) >= 11 is 6.72. The van der Waals surface area contributed by atoms with Gasteiger partial charge >= 0.3 is 0 Å². The van der Waals surface area contributed by atoms with Crippen LogP contribution in [-0.4, -0.2) is 11.8 Å². The first kappa shape index (κ1) is 56.9. The largest absolute Gasteiger partial charge is 0.320 e. The highest BCUT2D eigenvalue weighted by molar-refractivity contribution is 7.24. The van der Waals surface area contributed by atoms with Crippen molar-refractivity contribution in [2.75, 3.05) is 0 Å². The molecule has 2 unspecified atom stereocenters. The van der Waals surface area contributed by atoms with E-state index in [2.05, 4.69) is 302 Å². The van der Waals surface area contributed by atoms with Gasteiger partial charge in [0.15, 0.2) is 0 Å². The summed E-state index contributed by atoms with van der Waals surface area (Å²) in [6.45, 7) is 0. The van der Waals surface area contributed by atoms with Gasteiger partial charge in [-0.3, -0.25) is 9.59 Å². The van der Waals surface area contributed by atoms with Gasteiger partial charge < -0.3 is 10.6 Å². The molecular formula is C90H54N2O2S4. The van der Waals surface area contributed by atoms with Gasteiger partial charge in [-0.15, -0.1) is 45.3 Å². The summed E-state index contributed by atoms with van der Waals surface area (Å²) < 4.78 is 0. The van der Waals surface area contributed by atoms with Crippen molar-refractivity contribution in [3.05, 3.63) is 351 Å². The van der Waals surface area contributed by atoms with Crippen molar-refractivity contribution >= 4 is 150 Å². The Bertz CT molecular complexity index is 6460. The molecule has 0 saturated carbocycles. The Morgan fingerprint density at radius 3 is 1.13 bits per heavy atom. The predicted octanol–water partition coefficient (Wildman–Crippen LogP) is 21.9. The minimum atomic E-state index is -0.276. The Morgan fingerprint density at radius 2 is 0.633 bits per heavy atom. The molecule has 2 amide bonds. The monoisotopic (exact) mass is 1320 g/mol. The number of allylic oxidation sites excluding steroid dienone is 4. The lowest BCUT2D eigenvalue weighted by Crippen LogP contribution is -2.40. The Morgan fingerprint density at radius 1 is 0.276 bits per heavy atom. The quantitative estimate of drug-likeness (QED) is 0.134. The van der Waals surface area contributed by atoms with E-state index in [-0.39, 0.29) is 23.7 Å². The normalized spacial score (nSPS) is 15.9. The second-order valence-corrected chi connectivity index (χ2v) is 30.1. The Hall–Kier alpha value is -11.4. The lowest BCUT2D eigenvalue weighted by molar-refractivity contribution is -0.117. The highest BCUT2D eigenvalue weighted by atomic mass is 32.1. The molecule has 2 aliphatic carbocycles. The maximum Gasteiger partial charge on any atom is 0.258 e. The van der Waals surface area contributed by atoms with Gasteiger partial charge in [-0.1, -0.05) is 224 Å². The van der Waals surface area contributed by atoms with E-state index in [0.29, 0.717) is 22.5 Å². The van der Waals surface area contributed by atoms with Gasteiger partial charge in [0.1, 0.15) is 0 Å². The molecule has 0 bridgehead atoms. The summed E-state index contributed by atoms with van der Waals surface area (Å²) in [6, 6.07) is 104. The number of carbonyl (C=O) groups is 2. The average Bonchev–Trinajstić information content (AvgIpc) is 0.866. The van der Waals surface area contributed by atoms with Gasteiger partial charge in [0.2, 0.25) is 0 Å². The van der Waals surface area contributed by atoms with Crippen molar-refractivity contribution in [2.45, 2.75) is 0 Å². The van der Waals surface area contributed by atoms with Crippen LogP contribution in [0.4, 0.5) is 0 Å². The van der Waals surface area contributed by atoms with E-state index in [4.69, 9.17) is 0 Å². The lowest BCUT2D eigenvalue weighted by atomic mass is 9.69.